The van der Waals surface area contributed by atoms with E-state index in [9.17, 15) is 0 Å². The fraction of sp³-hybridized carbons (Fsp3) is 0.379. The fourth-order valence-electron chi connectivity index (χ4n) is 4.30. The molecule has 1 saturated heterocycles. The van der Waals surface area contributed by atoms with Crippen molar-refractivity contribution in [3.05, 3.63) is 90.0 Å². The van der Waals surface area contributed by atoms with Crippen molar-refractivity contribution in [3.8, 4) is 17.2 Å². The van der Waals surface area contributed by atoms with Crippen LogP contribution in [0.1, 0.15) is 17.5 Å². The molecule has 1 fully saturated rings. The summed E-state index contributed by atoms with van der Waals surface area (Å²) in [4.78, 5) is 5.08. The Hall–Kier alpha value is -2.86. The van der Waals surface area contributed by atoms with Crippen LogP contribution in [0.15, 0.2) is 78.9 Å². The second kappa shape index (κ2) is 13.1. The van der Waals surface area contributed by atoms with Crippen molar-refractivity contribution >= 4 is 0 Å². The largest absolute Gasteiger partial charge is 0.496 e. The van der Waals surface area contributed by atoms with Crippen LogP contribution in [0.5, 0.6) is 17.2 Å². The molecule has 3 aromatic carbocycles. The van der Waals surface area contributed by atoms with E-state index in [-0.39, 0.29) is 0 Å². The molecule has 0 aliphatic carbocycles. The molecule has 0 N–H and O–H groups in total. The van der Waals surface area contributed by atoms with Gasteiger partial charge in [0, 0.05) is 32.7 Å². The van der Waals surface area contributed by atoms with E-state index in [4.69, 9.17) is 14.2 Å². The zero-order valence-electron chi connectivity index (χ0n) is 20.2. The van der Waals surface area contributed by atoms with E-state index in [1.807, 2.05) is 54.6 Å². The van der Waals surface area contributed by atoms with Gasteiger partial charge in [0.2, 0.25) is 0 Å². The summed E-state index contributed by atoms with van der Waals surface area (Å²) in [5.41, 5.74) is 2.47. The Balaban J connectivity index is 1.07. The molecule has 4 rings (SSSR count). The molecule has 5 nitrogen and oxygen atoms in total. The molecule has 5 heteroatoms. The van der Waals surface area contributed by atoms with Gasteiger partial charge in [-0.15, -0.1) is 0 Å². The third-order valence-electron chi connectivity index (χ3n) is 6.30. The van der Waals surface area contributed by atoms with Gasteiger partial charge in [0.25, 0.3) is 0 Å². The highest BCUT2D eigenvalue weighted by Crippen LogP contribution is 2.21. The Morgan fingerprint density at radius 2 is 1.35 bits per heavy atom. The zero-order chi connectivity index (χ0) is 23.4. The minimum Gasteiger partial charge on any atom is -0.496 e. The number of para-hydroxylation sites is 2. The summed E-state index contributed by atoms with van der Waals surface area (Å²) in [6.07, 6.45) is 2.23. The summed E-state index contributed by atoms with van der Waals surface area (Å²) in [6, 6.07) is 26.3. The van der Waals surface area contributed by atoms with Crippen LogP contribution in [0.4, 0.5) is 0 Å². The number of nitrogens with zero attached hydrogens (tertiary/aromatic N) is 2. The molecule has 0 aromatic heterocycles. The molecule has 0 saturated carbocycles. The number of aryl methyl sites for hydroxylation is 1. The fourth-order valence-corrected chi connectivity index (χ4v) is 4.30. The quantitative estimate of drug-likeness (QED) is 0.345. The van der Waals surface area contributed by atoms with Crippen LogP contribution in [0, 0.1) is 0 Å². The average molecular weight is 461 g/mol. The Kier molecular flexibility index (Phi) is 9.38. The van der Waals surface area contributed by atoms with E-state index in [1.54, 1.807) is 7.11 Å². The van der Waals surface area contributed by atoms with Gasteiger partial charge in [-0.25, -0.2) is 0 Å². The molecular weight excluding hydrogens is 424 g/mol. The monoisotopic (exact) mass is 460 g/mol. The molecule has 0 bridgehead atoms. The predicted octanol–water partition coefficient (Wildman–Crippen LogP) is 5.25. The van der Waals surface area contributed by atoms with Crippen LogP contribution in [0.2, 0.25) is 0 Å². The van der Waals surface area contributed by atoms with Crippen molar-refractivity contribution in [2.24, 2.45) is 0 Å². The predicted molar refractivity (Wildman–Crippen MR) is 137 cm³/mol. The van der Waals surface area contributed by atoms with Crippen LogP contribution in [0.3, 0.4) is 0 Å². The zero-order valence-corrected chi connectivity index (χ0v) is 20.2. The molecule has 180 valence electrons. The second-order valence-electron chi connectivity index (χ2n) is 8.71. The molecule has 0 amide bonds. The normalized spacial score (nSPS) is 14.7. The number of benzene rings is 3. The Morgan fingerprint density at radius 1 is 0.706 bits per heavy atom. The number of piperazine rings is 1. The van der Waals surface area contributed by atoms with Crippen molar-refractivity contribution in [2.75, 3.05) is 53.0 Å². The maximum atomic E-state index is 5.94. The number of methoxy groups -OCH3 is 1. The minimum atomic E-state index is 0.633. The van der Waals surface area contributed by atoms with Crippen molar-refractivity contribution in [3.63, 3.8) is 0 Å². The SMILES string of the molecule is COc1ccccc1CCCN1CCN(CCOCc2ccc(Oc3ccccc3)cc2)CC1. The summed E-state index contributed by atoms with van der Waals surface area (Å²) in [7, 11) is 1.75. The van der Waals surface area contributed by atoms with E-state index < -0.39 is 0 Å². The van der Waals surface area contributed by atoms with Crippen molar-refractivity contribution in [2.45, 2.75) is 19.4 Å². The van der Waals surface area contributed by atoms with Crippen LogP contribution >= 0.6 is 0 Å². The van der Waals surface area contributed by atoms with Crippen molar-refractivity contribution < 1.29 is 14.2 Å². The minimum absolute atomic E-state index is 0.633. The molecule has 0 radical (unpaired) electrons. The van der Waals surface area contributed by atoms with Gasteiger partial charge in [0.05, 0.1) is 20.3 Å². The Labute approximate surface area is 203 Å². The number of hydrogen-bond acceptors (Lipinski definition) is 5. The lowest BCUT2D eigenvalue weighted by atomic mass is 10.1. The molecule has 0 unspecified atom stereocenters. The molecule has 1 aliphatic rings. The third kappa shape index (κ3) is 7.59. The van der Waals surface area contributed by atoms with Crippen molar-refractivity contribution in [1.29, 1.82) is 0 Å². The topological polar surface area (TPSA) is 34.2 Å². The highest BCUT2D eigenvalue weighted by Gasteiger charge is 2.16. The van der Waals surface area contributed by atoms with Gasteiger partial charge in [0.1, 0.15) is 17.2 Å². The highest BCUT2D eigenvalue weighted by molar-refractivity contribution is 5.33. The number of hydrogen-bond donors (Lipinski definition) is 0. The first-order valence-corrected chi connectivity index (χ1v) is 12.3. The summed E-state index contributed by atoms with van der Waals surface area (Å²) in [6.45, 7) is 8.03. The van der Waals surface area contributed by atoms with Crippen LogP contribution < -0.4 is 9.47 Å². The molecule has 1 heterocycles. The van der Waals surface area contributed by atoms with Gasteiger partial charge >= 0.3 is 0 Å². The van der Waals surface area contributed by atoms with E-state index >= 15 is 0 Å². The van der Waals surface area contributed by atoms with Crippen LogP contribution in [0.25, 0.3) is 0 Å². The Morgan fingerprint density at radius 3 is 2.09 bits per heavy atom. The van der Waals surface area contributed by atoms with Gasteiger partial charge in [0.15, 0.2) is 0 Å². The van der Waals surface area contributed by atoms with E-state index in [0.29, 0.717) is 6.61 Å². The molecule has 0 atom stereocenters. The van der Waals surface area contributed by atoms with Crippen LogP contribution in [-0.2, 0) is 17.8 Å². The van der Waals surface area contributed by atoms with Gasteiger partial charge < -0.3 is 19.1 Å². The van der Waals surface area contributed by atoms with E-state index in [1.165, 1.54) is 17.5 Å². The lowest BCUT2D eigenvalue weighted by Gasteiger charge is -2.34. The molecule has 1 aliphatic heterocycles. The smallest absolute Gasteiger partial charge is 0.127 e. The van der Waals surface area contributed by atoms with Gasteiger partial charge in [-0.3, -0.25) is 4.90 Å². The molecule has 34 heavy (non-hydrogen) atoms. The lowest BCUT2D eigenvalue weighted by molar-refractivity contribution is 0.0682. The second-order valence-corrected chi connectivity index (χ2v) is 8.71. The lowest BCUT2D eigenvalue weighted by Crippen LogP contribution is -2.47. The summed E-state index contributed by atoms with van der Waals surface area (Å²) in [5.74, 6) is 2.70. The highest BCUT2D eigenvalue weighted by atomic mass is 16.5. The molecule has 3 aromatic rings. The summed E-state index contributed by atoms with van der Waals surface area (Å²) < 4.78 is 17.2. The first kappa shape index (κ1) is 24.3. The maximum Gasteiger partial charge on any atom is 0.127 e. The summed E-state index contributed by atoms with van der Waals surface area (Å²) >= 11 is 0. The average Bonchev–Trinajstić information content (AvgIpc) is 2.89. The third-order valence-corrected chi connectivity index (χ3v) is 6.30. The summed E-state index contributed by atoms with van der Waals surface area (Å²) in [5, 5.41) is 0. The molecular formula is C29H36N2O3. The first-order chi connectivity index (χ1) is 16.8. The van der Waals surface area contributed by atoms with Crippen molar-refractivity contribution in [1.82, 2.24) is 9.80 Å². The van der Waals surface area contributed by atoms with E-state index in [0.717, 1.165) is 69.5 Å². The maximum absolute atomic E-state index is 5.94. The van der Waals surface area contributed by atoms with Gasteiger partial charge in [-0.1, -0.05) is 48.5 Å². The van der Waals surface area contributed by atoms with Crippen LogP contribution in [-0.4, -0.2) is 62.8 Å². The Bertz CT molecular complexity index is 970. The first-order valence-electron chi connectivity index (χ1n) is 12.3. The standard InChI is InChI=1S/C29H36N2O3/c1-32-29-12-6-5-8-26(29)9-7-17-30-18-20-31(21-19-30)22-23-33-24-25-13-15-28(16-14-25)34-27-10-3-2-4-11-27/h2-6,8,10-16H,7,9,17-24H2,1H3. The van der Waals surface area contributed by atoms with E-state index in [2.05, 4.69) is 34.1 Å². The number of ether oxygens (including phenoxy) is 3. The van der Waals surface area contributed by atoms with Gasteiger partial charge in [-0.2, -0.15) is 0 Å². The number of rotatable bonds is 12. The molecule has 0 spiro atoms. The van der Waals surface area contributed by atoms with Gasteiger partial charge in [-0.05, 0) is 60.8 Å².